The predicted molar refractivity (Wildman–Crippen MR) is 187 cm³/mol. The second kappa shape index (κ2) is 19.0. The summed E-state index contributed by atoms with van der Waals surface area (Å²) in [6.07, 6.45) is -2.54. The first-order valence-electron chi connectivity index (χ1n) is 18.6. The summed E-state index contributed by atoms with van der Waals surface area (Å²) in [4.78, 5) is 39.2. The van der Waals surface area contributed by atoms with Crippen molar-refractivity contribution in [3.8, 4) is 0 Å². The average molecular weight is 757 g/mol. The maximum absolute atomic E-state index is 13.5. The van der Waals surface area contributed by atoms with Crippen LogP contribution < -0.4 is 0 Å². The molecule has 0 aliphatic carbocycles. The number of ketones is 1. The lowest BCUT2D eigenvalue weighted by Gasteiger charge is -2.42. The van der Waals surface area contributed by atoms with Gasteiger partial charge in [0.25, 0.3) is 0 Å². The summed E-state index contributed by atoms with van der Waals surface area (Å²) >= 11 is 0. The number of esters is 2. The van der Waals surface area contributed by atoms with Crippen LogP contribution in [0.2, 0.25) is 0 Å². The van der Waals surface area contributed by atoms with Crippen molar-refractivity contribution >= 4 is 17.7 Å². The number of methoxy groups -OCH3 is 3. The van der Waals surface area contributed by atoms with Crippen molar-refractivity contribution in [1.82, 2.24) is 0 Å². The minimum absolute atomic E-state index is 0.00104. The molecule has 302 valence electrons. The number of hydrogen-bond donors (Lipinski definition) is 2. The molecule has 15 heteroatoms. The molecule has 4 rings (SSSR count). The summed E-state index contributed by atoms with van der Waals surface area (Å²) in [6, 6.07) is 0. The number of ether oxygens (including phenoxy) is 10. The van der Waals surface area contributed by atoms with E-state index in [0.717, 1.165) is 0 Å². The summed E-state index contributed by atoms with van der Waals surface area (Å²) < 4.78 is 59.1. The monoisotopic (exact) mass is 756 g/mol. The Morgan fingerprint density at radius 1 is 0.887 bits per heavy atom. The minimum atomic E-state index is -1.78. The van der Waals surface area contributed by atoms with E-state index >= 15 is 0 Å². The van der Waals surface area contributed by atoms with Gasteiger partial charge in [-0.2, -0.15) is 0 Å². The van der Waals surface area contributed by atoms with Crippen LogP contribution >= 0.6 is 0 Å². The maximum Gasteiger partial charge on any atom is 0.330 e. The molecule has 0 spiro atoms. The fourth-order valence-electron chi connectivity index (χ4n) is 7.47. The fourth-order valence-corrected chi connectivity index (χ4v) is 7.47. The van der Waals surface area contributed by atoms with Crippen LogP contribution in [0.15, 0.2) is 24.3 Å². The van der Waals surface area contributed by atoms with E-state index in [9.17, 15) is 24.6 Å². The third kappa shape index (κ3) is 10.9. The zero-order valence-corrected chi connectivity index (χ0v) is 32.6. The Kier molecular flexibility index (Phi) is 15.6. The van der Waals surface area contributed by atoms with E-state index in [1.807, 2.05) is 20.8 Å². The van der Waals surface area contributed by atoms with Crippen molar-refractivity contribution in [2.45, 2.75) is 153 Å². The Morgan fingerprint density at radius 2 is 1.58 bits per heavy atom. The van der Waals surface area contributed by atoms with Gasteiger partial charge in [-0.15, -0.1) is 0 Å². The first-order chi connectivity index (χ1) is 25.0. The molecular weight excluding hydrogens is 696 g/mol. The van der Waals surface area contributed by atoms with Gasteiger partial charge in [-0.25, -0.2) is 4.79 Å². The number of aliphatic hydroxyl groups is 2. The van der Waals surface area contributed by atoms with E-state index in [4.69, 9.17) is 47.4 Å². The van der Waals surface area contributed by atoms with Crippen molar-refractivity contribution in [3.63, 3.8) is 0 Å². The van der Waals surface area contributed by atoms with E-state index in [2.05, 4.69) is 0 Å². The number of aliphatic hydroxyl groups excluding tert-OH is 1. The van der Waals surface area contributed by atoms with E-state index in [1.54, 1.807) is 32.9 Å². The third-order valence-corrected chi connectivity index (χ3v) is 10.7. The predicted octanol–water partition coefficient (Wildman–Crippen LogP) is 2.42. The van der Waals surface area contributed by atoms with Gasteiger partial charge in [0.05, 0.1) is 31.0 Å². The lowest BCUT2D eigenvalue weighted by molar-refractivity contribution is -0.305. The molecule has 53 heavy (non-hydrogen) atoms. The molecule has 0 aromatic heterocycles. The molecule has 4 heterocycles. The largest absolute Gasteiger partial charge is 0.459 e. The van der Waals surface area contributed by atoms with Gasteiger partial charge in [-0.05, 0) is 52.2 Å². The van der Waals surface area contributed by atoms with Gasteiger partial charge in [0, 0.05) is 52.1 Å². The first-order valence-corrected chi connectivity index (χ1v) is 18.6. The van der Waals surface area contributed by atoms with Gasteiger partial charge in [0.2, 0.25) is 0 Å². The number of rotatable bonds is 10. The topological polar surface area (TPSA) is 187 Å². The zero-order valence-electron chi connectivity index (χ0n) is 32.6. The van der Waals surface area contributed by atoms with Crippen LogP contribution in [0.25, 0.3) is 0 Å². The normalized spacial score (nSPS) is 45.4. The quantitative estimate of drug-likeness (QED) is 0.244. The van der Waals surface area contributed by atoms with Gasteiger partial charge in [0.15, 0.2) is 24.5 Å². The summed E-state index contributed by atoms with van der Waals surface area (Å²) in [5.74, 6) is -3.01. The van der Waals surface area contributed by atoms with Gasteiger partial charge < -0.3 is 57.6 Å². The Balaban J connectivity index is 1.58. The molecule has 0 aromatic carbocycles. The van der Waals surface area contributed by atoms with Crippen molar-refractivity contribution in [1.29, 1.82) is 0 Å². The maximum atomic E-state index is 13.5. The molecule has 0 radical (unpaired) electrons. The van der Waals surface area contributed by atoms with Gasteiger partial charge in [0.1, 0.15) is 42.2 Å². The second-order valence-electron chi connectivity index (χ2n) is 14.9. The van der Waals surface area contributed by atoms with Crippen LogP contribution in [0.5, 0.6) is 0 Å². The minimum Gasteiger partial charge on any atom is -0.459 e. The lowest BCUT2D eigenvalue weighted by atomic mass is 9.82. The van der Waals surface area contributed by atoms with Crippen LogP contribution in [-0.4, -0.2) is 141 Å². The van der Waals surface area contributed by atoms with Crippen molar-refractivity contribution < 1.29 is 72.0 Å². The van der Waals surface area contributed by atoms with Crippen LogP contribution in [0, 0.1) is 17.8 Å². The lowest BCUT2D eigenvalue weighted by Crippen LogP contribution is -2.59. The summed E-state index contributed by atoms with van der Waals surface area (Å²) in [6.45, 7) is 12.1. The molecule has 17 atom stereocenters. The highest BCUT2D eigenvalue weighted by atomic mass is 16.7. The number of hydrogen-bond acceptors (Lipinski definition) is 15. The Hall–Kier alpha value is -2.31. The van der Waals surface area contributed by atoms with Gasteiger partial charge in [-0.1, -0.05) is 26.8 Å². The number of carbonyl (C=O) groups is 3. The van der Waals surface area contributed by atoms with Crippen LogP contribution in [0.3, 0.4) is 0 Å². The van der Waals surface area contributed by atoms with Gasteiger partial charge >= 0.3 is 11.9 Å². The molecule has 4 aliphatic heterocycles. The Bertz CT molecular complexity index is 1290. The summed E-state index contributed by atoms with van der Waals surface area (Å²) in [5, 5.41) is 22.0. The van der Waals surface area contributed by atoms with E-state index < -0.39 is 115 Å². The highest BCUT2D eigenvalue weighted by Gasteiger charge is 2.50. The van der Waals surface area contributed by atoms with Crippen molar-refractivity contribution in [2.24, 2.45) is 17.8 Å². The molecule has 0 amide bonds. The molecule has 3 saturated heterocycles. The molecule has 2 N–H and O–H groups in total. The van der Waals surface area contributed by atoms with Crippen molar-refractivity contribution in [3.05, 3.63) is 24.3 Å². The standard InChI is InChI=1S/C38H60O15/c1-11-28(40)52-33-26(44-8)16-21(4)48-37(33)53-31-19(2)12-15-29(41)49-22(5)24(18-47-36-35(46-10)34(45-9)30(42)23(6)50-36)32-25(51-32)13-14-27(39)38(7,43)17-20(31)3/h12-15,19-26,30-37,42-43H,11,16-18H2,1-10H3/b14-13+,15-12+/t19-,20?,21?,22-,23?,24-,25-,26?,30?,31-,32?,33?,34?,35?,36?,37?,38-/m1/s1. The fraction of sp³-hybridized carbons (Fsp3) is 0.816. The zero-order chi connectivity index (χ0) is 39.2. The Labute approximate surface area is 312 Å². The number of fused-ring (bicyclic) bond motifs is 1. The van der Waals surface area contributed by atoms with Crippen LogP contribution in [0.4, 0.5) is 0 Å². The molecule has 0 bridgehead atoms. The molecule has 4 aliphatic rings. The highest BCUT2D eigenvalue weighted by Crippen LogP contribution is 2.37. The molecule has 0 saturated carbocycles. The SMILES string of the molecule is CCC(=O)OC1C(OC)CC(C)OC1O[C@H]1C(C)C[C@@](C)(O)C(=O)/C=C/[C@H]2OC2[C@H](COC2OC(C)C(O)C(OC)C2OC)[C@@H](C)OC(=O)/C=C/[C@H]1C. The molecular formula is C38H60O15. The van der Waals surface area contributed by atoms with E-state index in [-0.39, 0.29) is 25.6 Å². The van der Waals surface area contributed by atoms with Gasteiger partial charge in [-0.3, -0.25) is 9.59 Å². The molecule has 0 aromatic rings. The molecule has 15 nitrogen and oxygen atoms in total. The first kappa shape index (κ1) is 43.4. The number of epoxide rings is 1. The average Bonchev–Trinajstić information content (AvgIpc) is 3.88. The number of carbonyl (C=O) groups excluding carboxylic acids is 3. The number of cyclic esters (lactones) is 1. The summed E-state index contributed by atoms with van der Waals surface area (Å²) in [7, 11) is 4.47. The van der Waals surface area contributed by atoms with E-state index in [1.165, 1.54) is 40.4 Å². The molecule has 3 fully saturated rings. The third-order valence-electron chi connectivity index (χ3n) is 10.7. The van der Waals surface area contributed by atoms with Crippen LogP contribution in [0.1, 0.15) is 67.7 Å². The van der Waals surface area contributed by atoms with Crippen molar-refractivity contribution in [2.75, 3.05) is 27.9 Å². The molecule has 11 unspecified atom stereocenters. The van der Waals surface area contributed by atoms with Crippen LogP contribution in [-0.2, 0) is 61.8 Å². The second-order valence-corrected chi connectivity index (χ2v) is 14.9. The summed E-state index contributed by atoms with van der Waals surface area (Å²) in [5.41, 5.74) is -1.78. The van der Waals surface area contributed by atoms with E-state index in [0.29, 0.717) is 6.42 Å². The Morgan fingerprint density at radius 3 is 2.23 bits per heavy atom. The highest BCUT2D eigenvalue weighted by molar-refractivity contribution is 5.96. The smallest absolute Gasteiger partial charge is 0.330 e.